The number of nitrogens with zero attached hydrogens (tertiary/aromatic N) is 1. The molecule has 0 N–H and O–H groups in total. The molecule has 0 unspecified atom stereocenters. The highest BCUT2D eigenvalue weighted by atomic mass is 16.5. The van der Waals surface area contributed by atoms with Gasteiger partial charge in [-0.15, -0.1) is 0 Å². The first-order chi connectivity index (χ1) is 35.7. The van der Waals surface area contributed by atoms with Crippen molar-refractivity contribution < 1.29 is 4.74 Å². The number of benzene rings is 12. The highest BCUT2D eigenvalue weighted by Gasteiger charge is 2.52. The van der Waals surface area contributed by atoms with Crippen LogP contribution in [0.25, 0.3) is 54.9 Å². The molecule has 1 aliphatic heterocycles. The topological polar surface area (TPSA) is 12.5 Å². The fourth-order valence-electron chi connectivity index (χ4n) is 13.1. The molecule has 2 heteroatoms. The first-order valence-corrected chi connectivity index (χ1v) is 25.0. The Morgan fingerprint density at radius 2 is 0.778 bits per heavy atom. The van der Waals surface area contributed by atoms with Gasteiger partial charge in [0.05, 0.1) is 16.5 Å². The van der Waals surface area contributed by atoms with Crippen LogP contribution in [-0.4, -0.2) is 0 Å². The molecule has 0 fully saturated rings. The van der Waals surface area contributed by atoms with Crippen LogP contribution in [0.1, 0.15) is 44.5 Å². The third-order valence-electron chi connectivity index (χ3n) is 16.0. The zero-order valence-electron chi connectivity index (χ0n) is 39.3. The lowest BCUT2D eigenvalue weighted by atomic mass is 9.65. The molecular weight excluding hydrogens is 871 g/mol. The summed E-state index contributed by atoms with van der Waals surface area (Å²) in [5.74, 6) is 1.85. The molecule has 72 heavy (non-hydrogen) atoms. The monoisotopic (exact) mass is 915 g/mol. The molecule has 15 rings (SSSR count). The minimum absolute atomic E-state index is 0.507. The van der Waals surface area contributed by atoms with Gasteiger partial charge < -0.3 is 9.64 Å². The van der Waals surface area contributed by atoms with Gasteiger partial charge in [0.1, 0.15) is 11.5 Å². The first kappa shape index (κ1) is 40.6. The molecule has 0 radical (unpaired) electrons. The van der Waals surface area contributed by atoms with Gasteiger partial charge in [0.15, 0.2) is 0 Å². The highest BCUT2D eigenvalue weighted by Crippen LogP contribution is 2.65. The molecule has 0 atom stereocenters. The van der Waals surface area contributed by atoms with Crippen LogP contribution < -0.4 is 9.64 Å². The van der Waals surface area contributed by atoms with Crippen molar-refractivity contribution in [3.63, 3.8) is 0 Å². The van der Waals surface area contributed by atoms with Gasteiger partial charge in [0.2, 0.25) is 0 Å². The van der Waals surface area contributed by atoms with Crippen molar-refractivity contribution in [1.29, 1.82) is 0 Å². The molecule has 336 valence electrons. The lowest BCUT2D eigenvalue weighted by Gasteiger charge is -2.40. The summed E-state index contributed by atoms with van der Waals surface area (Å²) >= 11 is 0. The second-order valence-corrected chi connectivity index (χ2v) is 19.4. The van der Waals surface area contributed by atoms with Crippen molar-refractivity contribution in [2.45, 2.75) is 10.8 Å². The van der Waals surface area contributed by atoms with E-state index < -0.39 is 10.8 Å². The van der Waals surface area contributed by atoms with Crippen LogP contribution in [0.3, 0.4) is 0 Å². The van der Waals surface area contributed by atoms with Gasteiger partial charge in [0.25, 0.3) is 0 Å². The predicted octanol–water partition coefficient (Wildman–Crippen LogP) is 18.0. The zero-order chi connectivity index (χ0) is 47.4. The van der Waals surface area contributed by atoms with E-state index >= 15 is 0 Å². The quantitative estimate of drug-likeness (QED) is 0.165. The van der Waals surface area contributed by atoms with Gasteiger partial charge in [-0.2, -0.15) is 0 Å². The maximum Gasteiger partial charge on any atom is 0.140 e. The van der Waals surface area contributed by atoms with E-state index in [9.17, 15) is 0 Å². The Hall–Kier alpha value is -9.24. The Kier molecular flexibility index (Phi) is 8.82. The van der Waals surface area contributed by atoms with Crippen molar-refractivity contribution in [1.82, 2.24) is 0 Å². The summed E-state index contributed by atoms with van der Waals surface area (Å²) in [6.07, 6.45) is 0. The summed E-state index contributed by atoms with van der Waals surface area (Å²) in [6.45, 7) is 0. The minimum atomic E-state index is -0.623. The molecule has 3 aliphatic rings. The van der Waals surface area contributed by atoms with Crippen molar-refractivity contribution >= 4 is 38.6 Å². The normalized spacial score (nSPS) is 13.9. The van der Waals surface area contributed by atoms with Crippen molar-refractivity contribution in [3.05, 3.63) is 317 Å². The van der Waals surface area contributed by atoms with Gasteiger partial charge in [0, 0.05) is 38.8 Å². The lowest BCUT2D eigenvalue weighted by molar-refractivity contribution is 0.447. The van der Waals surface area contributed by atoms with Crippen LogP contribution >= 0.6 is 0 Å². The molecule has 1 heterocycles. The van der Waals surface area contributed by atoms with E-state index in [-0.39, 0.29) is 0 Å². The molecule has 2 nitrogen and oxygen atoms in total. The van der Waals surface area contributed by atoms with Crippen LogP contribution in [0.4, 0.5) is 17.1 Å². The molecule has 0 saturated heterocycles. The van der Waals surface area contributed by atoms with Crippen LogP contribution in [0.2, 0.25) is 0 Å². The molecule has 0 saturated carbocycles. The van der Waals surface area contributed by atoms with E-state index in [2.05, 4.69) is 278 Å². The number of hydrogen-bond donors (Lipinski definition) is 0. The number of ether oxygens (including phenoxy) is 1. The molecule has 12 aromatic rings. The molecule has 12 aromatic carbocycles. The smallest absolute Gasteiger partial charge is 0.140 e. The lowest BCUT2D eigenvalue weighted by Crippen LogP contribution is -2.32. The molecule has 1 spiro atoms. The standard InChI is InChI=1S/C70H45NO/c1-4-21-50(22-5-1)69(51-23-6-2-7-24-51)60-32-17-15-30-58(60)66-61(69)33-18-34-65(66)71(52-25-8-3-9-26-52)53-40-35-46(36-41-53)49-37-42-57-56-29-14-16-31-59(56)70(64(57)45-49)62-43-38-47-19-10-12-27-54(47)67(62)72-68-55-28-13-11-20-48(55)39-44-63(68)70/h1-45H. The fourth-order valence-corrected chi connectivity index (χ4v) is 13.1. The largest absolute Gasteiger partial charge is 0.455 e. The van der Waals surface area contributed by atoms with Crippen molar-refractivity contribution in [2.75, 3.05) is 4.90 Å². The third-order valence-corrected chi connectivity index (χ3v) is 16.0. The maximum absolute atomic E-state index is 7.24. The van der Waals surface area contributed by atoms with E-state index in [0.717, 1.165) is 55.7 Å². The summed E-state index contributed by atoms with van der Waals surface area (Å²) in [5.41, 5.74) is 19.5. The van der Waals surface area contributed by atoms with Gasteiger partial charge in [-0.05, 0) is 108 Å². The fraction of sp³-hybridized carbons (Fsp3) is 0.0286. The number of para-hydroxylation sites is 1. The Morgan fingerprint density at radius 1 is 0.292 bits per heavy atom. The Bertz CT molecular complexity index is 4000. The van der Waals surface area contributed by atoms with E-state index in [1.54, 1.807) is 0 Å². The third kappa shape index (κ3) is 5.55. The average molecular weight is 916 g/mol. The molecule has 0 bridgehead atoms. The van der Waals surface area contributed by atoms with Gasteiger partial charge in [-0.1, -0.05) is 237 Å². The Labute approximate surface area is 419 Å². The number of fused-ring (bicyclic) bond motifs is 16. The average Bonchev–Trinajstić information content (AvgIpc) is 3.92. The summed E-state index contributed by atoms with van der Waals surface area (Å²) in [5, 5.41) is 4.56. The van der Waals surface area contributed by atoms with Crippen molar-refractivity contribution in [2.24, 2.45) is 0 Å². The zero-order valence-corrected chi connectivity index (χ0v) is 39.3. The van der Waals surface area contributed by atoms with E-state index in [0.29, 0.717) is 0 Å². The second-order valence-electron chi connectivity index (χ2n) is 19.4. The predicted molar refractivity (Wildman–Crippen MR) is 296 cm³/mol. The van der Waals surface area contributed by atoms with Gasteiger partial charge in [-0.25, -0.2) is 0 Å². The minimum Gasteiger partial charge on any atom is -0.455 e. The maximum atomic E-state index is 7.24. The van der Waals surface area contributed by atoms with Crippen LogP contribution in [-0.2, 0) is 10.8 Å². The summed E-state index contributed by atoms with van der Waals surface area (Å²) < 4.78 is 7.24. The number of anilines is 3. The Balaban J connectivity index is 0.917. The molecule has 0 aromatic heterocycles. The highest BCUT2D eigenvalue weighted by molar-refractivity contribution is 6.01. The number of rotatable bonds is 6. The van der Waals surface area contributed by atoms with Crippen LogP contribution in [0.5, 0.6) is 11.5 Å². The number of hydrogen-bond acceptors (Lipinski definition) is 2. The SMILES string of the molecule is c1ccc(N(c2ccc(-c3ccc4c(c3)C3(c5ccccc5-4)c4ccc5ccccc5c4Oc4c3ccc3ccccc43)cc2)c2cccc3c2-c2ccccc2C3(c2ccccc2)c2ccccc2)cc1. The van der Waals surface area contributed by atoms with Crippen LogP contribution in [0.15, 0.2) is 273 Å². The van der Waals surface area contributed by atoms with E-state index in [4.69, 9.17) is 4.74 Å². The van der Waals surface area contributed by atoms with E-state index in [1.807, 2.05) is 0 Å². The molecule has 2 aliphatic carbocycles. The summed E-state index contributed by atoms with van der Waals surface area (Å²) in [7, 11) is 0. The van der Waals surface area contributed by atoms with Gasteiger partial charge in [-0.3, -0.25) is 0 Å². The van der Waals surface area contributed by atoms with Gasteiger partial charge >= 0.3 is 0 Å². The van der Waals surface area contributed by atoms with Crippen LogP contribution in [0, 0.1) is 0 Å². The van der Waals surface area contributed by atoms with E-state index in [1.165, 1.54) is 72.3 Å². The second kappa shape index (κ2) is 15.6. The molecular formula is C70H45NO. The summed E-state index contributed by atoms with van der Waals surface area (Å²) in [6, 6.07) is 101. The molecule has 0 amide bonds. The van der Waals surface area contributed by atoms with Crippen molar-refractivity contribution in [3.8, 4) is 44.9 Å². The Morgan fingerprint density at radius 3 is 1.42 bits per heavy atom. The summed E-state index contributed by atoms with van der Waals surface area (Å²) in [4.78, 5) is 2.45. The first-order valence-electron chi connectivity index (χ1n) is 25.0.